The van der Waals surface area contributed by atoms with Gasteiger partial charge in [-0.2, -0.15) is 0 Å². The Bertz CT molecular complexity index is 688. The van der Waals surface area contributed by atoms with Gasteiger partial charge in [-0.25, -0.2) is 0 Å². The van der Waals surface area contributed by atoms with Gasteiger partial charge in [0.1, 0.15) is 0 Å². The van der Waals surface area contributed by atoms with Gasteiger partial charge in [0.15, 0.2) is 5.60 Å². The predicted molar refractivity (Wildman–Crippen MR) is 79.8 cm³/mol. The zero-order valence-electron chi connectivity index (χ0n) is 13.3. The second-order valence-electron chi connectivity index (χ2n) is 6.82. The Labute approximate surface area is 133 Å². The number of esters is 1. The zero-order chi connectivity index (χ0) is 16.9. The monoisotopic (exact) mass is 317 g/mol. The molecule has 122 valence electrons. The molecule has 1 aromatic rings. The first-order valence-corrected chi connectivity index (χ1v) is 7.49. The van der Waals surface area contributed by atoms with E-state index in [1.54, 1.807) is 18.3 Å². The third-order valence-electron chi connectivity index (χ3n) is 5.66. The number of amides is 2. The van der Waals surface area contributed by atoms with Crippen LogP contribution in [0.1, 0.15) is 44.0 Å². The maximum absolute atomic E-state index is 12.6. The third-order valence-corrected chi connectivity index (χ3v) is 5.66. The van der Waals surface area contributed by atoms with Gasteiger partial charge in [0.05, 0.1) is 11.0 Å². The topological polar surface area (TPSA) is 97.4 Å². The molecule has 1 saturated heterocycles. The number of aromatic nitrogens is 1. The second-order valence-corrected chi connectivity index (χ2v) is 6.82. The number of carbonyl (C=O) groups is 3. The second kappa shape index (κ2) is 4.78. The largest absolute Gasteiger partial charge is 0.448 e. The summed E-state index contributed by atoms with van der Waals surface area (Å²) in [7, 11) is 0. The SMILES string of the molecule is CC12CCC(C(=O)NNC(=O)c3cccnc3)(OC1=O)C2(C)C. The van der Waals surface area contributed by atoms with Crippen LogP contribution >= 0.6 is 0 Å². The molecule has 7 nitrogen and oxygen atoms in total. The number of hydrogen-bond acceptors (Lipinski definition) is 5. The van der Waals surface area contributed by atoms with Gasteiger partial charge in [-0.15, -0.1) is 0 Å². The minimum Gasteiger partial charge on any atom is -0.448 e. The van der Waals surface area contributed by atoms with Crippen LogP contribution in [0.15, 0.2) is 24.5 Å². The van der Waals surface area contributed by atoms with E-state index < -0.39 is 28.2 Å². The number of fused-ring (bicyclic) bond motifs is 2. The highest BCUT2D eigenvalue weighted by molar-refractivity contribution is 5.99. The van der Waals surface area contributed by atoms with Gasteiger partial charge >= 0.3 is 5.97 Å². The fraction of sp³-hybridized carbons (Fsp3) is 0.500. The van der Waals surface area contributed by atoms with Crippen LogP contribution in [-0.4, -0.2) is 28.4 Å². The van der Waals surface area contributed by atoms with Crippen molar-refractivity contribution in [2.45, 2.75) is 39.2 Å². The first-order chi connectivity index (χ1) is 10.7. The standard InChI is InChI=1S/C16H19N3O4/c1-14(2)15(3)6-7-16(14,23-13(15)22)12(21)19-18-11(20)10-5-4-8-17-9-10/h4-5,8-9H,6-7H2,1-3H3,(H,18,20)(H,19,21). The van der Waals surface area contributed by atoms with Gasteiger partial charge in [-0.1, -0.05) is 13.8 Å². The summed E-state index contributed by atoms with van der Waals surface area (Å²) in [6.45, 7) is 5.53. The lowest BCUT2D eigenvalue weighted by atomic mass is 9.66. The lowest BCUT2D eigenvalue weighted by molar-refractivity contribution is -0.168. The Kier molecular flexibility index (Phi) is 3.21. The molecule has 2 amide bonds. The maximum atomic E-state index is 12.6. The lowest BCUT2D eigenvalue weighted by Gasteiger charge is -2.35. The van der Waals surface area contributed by atoms with Crippen LogP contribution in [0.25, 0.3) is 0 Å². The molecule has 2 bridgehead atoms. The maximum Gasteiger partial charge on any atom is 0.313 e. The highest BCUT2D eigenvalue weighted by Crippen LogP contribution is 2.65. The smallest absolute Gasteiger partial charge is 0.313 e. The normalized spacial score (nSPS) is 30.7. The van der Waals surface area contributed by atoms with Crippen LogP contribution in [0.3, 0.4) is 0 Å². The molecule has 23 heavy (non-hydrogen) atoms. The van der Waals surface area contributed by atoms with E-state index in [1.807, 2.05) is 20.8 Å². The van der Waals surface area contributed by atoms with E-state index in [0.29, 0.717) is 18.4 Å². The molecule has 2 atom stereocenters. The van der Waals surface area contributed by atoms with E-state index in [0.717, 1.165) is 0 Å². The van der Waals surface area contributed by atoms with Crippen LogP contribution in [0.2, 0.25) is 0 Å². The zero-order valence-corrected chi connectivity index (χ0v) is 13.3. The van der Waals surface area contributed by atoms with Crippen LogP contribution in [0, 0.1) is 10.8 Å². The summed E-state index contributed by atoms with van der Waals surface area (Å²) >= 11 is 0. The summed E-state index contributed by atoms with van der Waals surface area (Å²) in [5.41, 5.74) is 2.48. The summed E-state index contributed by atoms with van der Waals surface area (Å²) in [5.74, 6) is -1.34. The number of nitrogens with one attached hydrogen (secondary N) is 2. The highest BCUT2D eigenvalue weighted by Gasteiger charge is 2.75. The van der Waals surface area contributed by atoms with E-state index in [1.165, 1.54) is 6.20 Å². The number of carbonyl (C=O) groups excluding carboxylic acids is 3. The van der Waals surface area contributed by atoms with Crippen molar-refractivity contribution in [3.8, 4) is 0 Å². The molecule has 1 aliphatic heterocycles. The highest BCUT2D eigenvalue weighted by atomic mass is 16.6. The van der Waals surface area contributed by atoms with Crippen molar-refractivity contribution in [2.75, 3.05) is 0 Å². The molecule has 0 aromatic carbocycles. The van der Waals surface area contributed by atoms with E-state index in [9.17, 15) is 14.4 Å². The average Bonchev–Trinajstić information content (AvgIpc) is 2.83. The molecule has 2 fully saturated rings. The number of hydrazine groups is 1. The number of nitrogens with zero attached hydrogens (tertiary/aromatic N) is 1. The van der Waals surface area contributed by atoms with Gasteiger partial charge in [0.25, 0.3) is 11.8 Å². The fourth-order valence-electron chi connectivity index (χ4n) is 3.53. The Morgan fingerprint density at radius 2 is 1.96 bits per heavy atom. The van der Waals surface area contributed by atoms with Crippen LogP contribution in [0.5, 0.6) is 0 Å². The molecular formula is C16H19N3O4. The molecule has 1 saturated carbocycles. The number of rotatable bonds is 2. The van der Waals surface area contributed by atoms with Crippen molar-refractivity contribution in [3.05, 3.63) is 30.1 Å². The lowest BCUT2D eigenvalue weighted by Crippen LogP contribution is -2.57. The van der Waals surface area contributed by atoms with Crippen molar-refractivity contribution in [2.24, 2.45) is 10.8 Å². The molecule has 1 aliphatic carbocycles. The molecule has 2 unspecified atom stereocenters. The van der Waals surface area contributed by atoms with E-state index in [-0.39, 0.29) is 5.97 Å². The first kappa shape index (κ1) is 15.5. The van der Waals surface area contributed by atoms with E-state index in [2.05, 4.69) is 15.8 Å². The van der Waals surface area contributed by atoms with Gasteiger partial charge in [-0.05, 0) is 31.9 Å². The van der Waals surface area contributed by atoms with Gasteiger partial charge < -0.3 is 4.74 Å². The van der Waals surface area contributed by atoms with E-state index >= 15 is 0 Å². The van der Waals surface area contributed by atoms with Crippen molar-refractivity contribution in [3.63, 3.8) is 0 Å². The molecule has 2 heterocycles. The summed E-state index contributed by atoms with van der Waals surface area (Å²) in [4.78, 5) is 40.6. The Hall–Kier alpha value is -2.44. The molecule has 0 spiro atoms. The quantitative estimate of drug-likeness (QED) is 0.625. The summed E-state index contributed by atoms with van der Waals surface area (Å²) < 4.78 is 5.45. The number of ether oxygens (including phenoxy) is 1. The molecule has 0 radical (unpaired) electrons. The van der Waals surface area contributed by atoms with Crippen LogP contribution in [-0.2, 0) is 14.3 Å². The number of hydrogen-bond donors (Lipinski definition) is 2. The van der Waals surface area contributed by atoms with Crippen molar-refractivity contribution in [1.29, 1.82) is 0 Å². The van der Waals surface area contributed by atoms with Crippen molar-refractivity contribution < 1.29 is 19.1 Å². The fourth-order valence-corrected chi connectivity index (χ4v) is 3.53. The minimum absolute atomic E-state index is 0.323. The Morgan fingerprint density at radius 3 is 2.48 bits per heavy atom. The first-order valence-electron chi connectivity index (χ1n) is 7.49. The number of pyridine rings is 1. The molecule has 2 aliphatic rings. The van der Waals surface area contributed by atoms with E-state index in [4.69, 9.17) is 4.74 Å². The molecule has 2 N–H and O–H groups in total. The molecule has 1 aromatic heterocycles. The minimum atomic E-state index is -1.25. The van der Waals surface area contributed by atoms with Crippen LogP contribution < -0.4 is 10.9 Å². The summed E-state index contributed by atoms with van der Waals surface area (Å²) in [6, 6.07) is 3.21. The summed E-state index contributed by atoms with van der Waals surface area (Å²) in [6.07, 6.45) is 3.97. The third kappa shape index (κ3) is 1.89. The van der Waals surface area contributed by atoms with Gasteiger partial charge in [-0.3, -0.25) is 30.2 Å². The van der Waals surface area contributed by atoms with Crippen molar-refractivity contribution >= 4 is 17.8 Å². The van der Waals surface area contributed by atoms with Crippen LogP contribution in [0.4, 0.5) is 0 Å². The summed E-state index contributed by atoms with van der Waals surface area (Å²) in [5, 5.41) is 0. The van der Waals surface area contributed by atoms with Crippen molar-refractivity contribution in [1.82, 2.24) is 15.8 Å². The molecular weight excluding hydrogens is 298 g/mol. The van der Waals surface area contributed by atoms with Gasteiger partial charge in [0, 0.05) is 17.8 Å². The Morgan fingerprint density at radius 1 is 1.22 bits per heavy atom. The molecule has 7 heteroatoms. The molecule has 3 rings (SSSR count). The average molecular weight is 317 g/mol. The van der Waals surface area contributed by atoms with Gasteiger partial charge in [0.2, 0.25) is 0 Å². The predicted octanol–water partition coefficient (Wildman–Crippen LogP) is 0.964. The Balaban J connectivity index is 1.74.